The van der Waals surface area contributed by atoms with E-state index in [2.05, 4.69) is 0 Å². The van der Waals surface area contributed by atoms with Crippen molar-refractivity contribution in [3.8, 4) is 11.8 Å². The van der Waals surface area contributed by atoms with Gasteiger partial charge in [0.15, 0.2) is 17.5 Å². The van der Waals surface area contributed by atoms with Gasteiger partial charge in [-0.25, -0.2) is 13.2 Å². The van der Waals surface area contributed by atoms with Crippen LogP contribution >= 0.6 is 0 Å². The van der Waals surface area contributed by atoms with Gasteiger partial charge in [0.25, 0.3) is 0 Å². The zero-order chi connectivity index (χ0) is 12.0. The van der Waals surface area contributed by atoms with Crippen molar-refractivity contribution in [2.75, 3.05) is 6.61 Å². The Kier molecular flexibility index (Phi) is 4.65. The first-order valence-corrected chi connectivity index (χ1v) is 4.79. The third-order valence-corrected chi connectivity index (χ3v) is 1.91. The van der Waals surface area contributed by atoms with E-state index in [1.165, 1.54) is 0 Å². The molecule has 0 fully saturated rings. The lowest BCUT2D eigenvalue weighted by Gasteiger charge is -2.06. The molecule has 0 heterocycles. The van der Waals surface area contributed by atoms with Crippen LogP contribution < -0.4 is 4.74 Å². The number of halogens is 3. The largest absolute Gasteiger partial charge is 0.493 e. The normalized spacial score (nSPS) is 9.88. The number of hydrogen-bond acceptors (Lipinski definition) is 2. The summed E-state index contributed by atoms with van der Waals surface area (Å²) in [5, 5.41) is 8.25. The van der Waals surface area contributed by atoms with Crippen LogP contribution in [-0.4, -0.2) is 6.61 Å². The fourth-order valence-electron chi connectivity index (χ4n) is 1.11. The minimum atomic E-state index is -1.50. The molecule has 0 radical (unpaired) electrons. The number of benzene rings is 1. The predicted molar refractivity (Wildman–Crippen MR) is 51.3 cm³/mol. The minimum absolute atomic E-state index is 0.0478. The van der Waals surface area contributed by atoms with Crippen LogP contribution in [0.2, 0.25) is 0 Å². The van der Waals surface area contributed by atoms with Crippen LogP contribution in [0.1, 0.15) is 19.3 Å². The Bertz CT molecular complexity index is 378. The summed E-state index contributed by atoms with van der Waals surface area (Å²) in [6, 6.07) is 3.56. The zero-order valence-electron chi connectivity index (χ0n) is 8.47. The maximum Gasteiger partial charge on any atom is 0.194 e. The second-order valence-electron chi connectivity index (χ2n) is 3.16. The van der Waals surface area contributed by atoms with Gasteiger partial charge in [-0.15, -0.1) is 0 Å². The summed E-state index contributed by atoms with van der Waals surface area (Å²) in [6.45, 7) is 0.242. The van der Waals surface area contributed by atoms with Gasteiger partial charge in [0.05, 0.1) is 12.7 Å². The average Bonchev–Trinajstić information content (AvgIpc) is 2.25. The Labute approximate surface area is 91.3 Å². The average molecular weight is 229 g/mol. The van der Waals surface area contributed by atoms with Crippen LogP contribution in [0.5, 0.6) is 5.75 Å². The molecule has 0 saturated heterocycles. The summed E-state index contributed by atoms with van der Waals surface area (Å²) in [5.74, 6) is -4.09. The van der Waals surface area contributed by atoms with Crippen molar-refractivity contribution in [1.29, 1.82) is 5.26 Å². The van der Waals surface area contributed by atoms with Gasteiger partial charge in [0, 0.05) is 18.6 Å². The van der Waals surface area contributed by atoms with Crippen LogP contribution in [0.25, 0.3) is 0 Å². The van der Waals surface area contributed by atoms with Crippen LogP contribution in [0.4, 0.5) is 13.2 Å². The molecular formula is C11H10F3NO. The van der Waals surface area contributed by atoms with Gasteiger partial charge in [-0.05, 0) is 12.8 Å². The molecule has 0 saturated carbocycles. The maximum atomic E-state index is 12.7. The molecule has 0 N–H and O–H groups in total. The van der Waals surface area contributed by atoms with E-state index in [9.17, 15) is 13.2 Å². The van der Waals surface area contributed by atoms with Gasteiger partial charge in [-0.2, -0.15) is 5.26 Å². The number of rotatable bonds is 5. The number of nitriles is 1. The van der Waals surface area contributed by atoms with E-state index in [-0.39, 0.29) is 12.4 Å². The molecule has 0 atom stereocenters. The molecule has 0 unspecified atom stereocenters. The monoisotopic (exact) mass is 229 g/mol. The van der Waals surface area contributed by atoms with Crippen LogP contribution in [-0.2, 0) is 0 Å². The molecule has 86 valence electrons. The molecular weight excluding hydrogens is 219 g/mol. The molecule has 0 aromatic heterocycles. The first kappa shape index (κ1) is 12.4. The van der Waals surface area contributed by atoms with Gasteiger partial charge in [-0.3, -0.25) is 0 Å². The van der Waals surface area contributed by atoms with Crippen molar-refractivity contribution in [1.82, 2.24) is 0 Å². The van der Waals surface area contributed by atoms with E-state index in [1.54, 1.807) is 0 Å². The molecule has 0 aliphatic rings. The topological polar surface area (TPSA) is 33.0 Å². The Hall–Kier alpha value is -1.70. The predicted octanol–water partition coefficient (Wildman–Crippen LogP) is 3.18. The second-order valence-corrected chi connectivity index (χ2v) is 3.16. The van der Waals surface area contributed by atoms with E-state index < -0.39 is 17.5 Å². The zero-order valence-corrected chi connectivity index (χ0v) is 8.47. The van der Waals surface area contributed by atoms with Gasteiger partial charge >= 0.3 is 0 Å². The Balaban J connectivity index is 2.46. The van der Waals surface area contributed by atoms with Crippen LogP contribution in [0, 0.1) is 28.8 Å². The first-order valence-electron chi connectivity index (χ1n) is 4.79. The minimum Gasteiger partial charge on any atom is -0.493 e. The first-order chi connectivity index (χ1) is 7.65. The van der Waals surface area contributed by atoms with Gasteiger partial charge < -0.3 is 4.74 Å². The van der Waals surface area contributed by atoms with Crippen molar-refractivity contribution >= 4 is 0 Å². The summed E-state index contributed by atoms with van der Waals surface area (Å²) in [5.41, 5.74) is 0. The molecule has 0 aliphatic carbocycles. The molecule has 5 heteroatoms. The smallest absolute Gasteiger partial charge is 0.194 e. The van der Waals surface area contributed by atoms with Crippen molar-refractivity contribution in [3.63, 3.8) is 0 Å². The third-order valence-electron chi connectivity index (χ3n) is 1.91. The highest BCUT2D eigenvalue weighted by atomic mass is 19.2. The summed E-state index contributed by atoms with van der Waals surface area (Å²) in [4.78, 5) is 0. The van der Waals surface area contributed by atoms with E-state index in [0.29, 0.717) is 19.3 Å². The highest BCUT2D eigenvalue weighted by molar-refractivity contribution is 5.24. The molecule has 0 amide bonds. The summed E-state index contributed by atoms with van der Waals surface area (Å²) < 4.78 is 43.0. The summed E-state index contributed by atoms with van der Waals surface area (Å²) in [7, 11) is 0. The Morgan fingerprint density at radius 2 is 1.75 bits per heavy atom. The number of unbranched alkanes of at least 4 members (excludes halogenated alkanes) is 2. The lowest BCUT2D eigenvalue weighted by Crippen LogP contribution is -1.99. The van der Waals surface area contributed by atoms with E-state index >= 15 is 0 Å². The molecule has 1 aromatic rings. The molecule has 1 aromatic carbocycles. The molecule has 0 aliphatic heterocycles. The quantitative estimate of drug-likeness (QED) is 0.573. The van der Waals surface area contributed by atoms with Gasteiger partial charge in [-0.1, -0.05) is 0 Å². The number of hydrogen-bond donors (Lipinski definition) is 0. The molecule has 1 rings (SSSR count). The lowest BCUT2D eigenvalue weighted by molar-refractivity contribution is 0.301. The van der Waals surface area contributed by atoms with Gasteiger partial charge in [0.2, 0.25) is 0 Å². The Morgan fingerprint density at radius 3 is 2.31 bits per heavy atom. The highest BCUT2D eigenvalue weighted by Crippen LogP contribution is 2.19. The van der Waals surface area contributed by atoms with Crippen molar-refractivity contribution in [2.45, 2.75) is 19.3 Å². The SMILES string of the molecule is N#CCCCCOc1cc(F)c(F)c(F)c1. The van der Waals surface area contributed by atoms with Crippen LogP contribution in [0.3, 0.4) is 0 Å². The molecule has 16 heavy (non-hydrogen) atoms. The Morgan fingerprint density at radius 1 is 1.12 bits per heavy atom. The second kappa shape index (κ2) is 6.01. The van der Waals surface area contributed by atoms with Crippen LogP contribution in [0.15, 0.2) is 12.1 Å². The summed E-state index contributed by atoms with van der Waals surface area (Å²) in [6.07, 6.45) is 1.67. The fourth-order valence-corrected chi connectivity index (χ4v) is 1.11. The van der Waals surface area contributed by atoms with Gasteiger partial charge in [0.1, 0.15) is 5.75 Å². The number of nitrogens with zero attached hydrogens (tertiary/aromatic N) is 1. The van der Waals surface area contributed by atoms with E-state index in [1.807, 2.05) is 6.07 Å². The van der Waals surface area contributed by atoms with Crippen molar-refractivity contribution < 1.29 is 17.9 Å². The van der Waals surface area contributed by atoms with Crippen molar-refractivity contribution in [2.24, 2.45) is 0 Å². The fraction of sp³-hybridized carbons (Fsp3) is 0.364. The number of ether oxygens (including phenoxy) is 1. The van der Waals surface area contributed by atoms with Crippen molar-refractivity contribution in [3.05, 3.63) is 29.6 Å². The van der Waals surface area contributed by atoms with E-state index in [4.69, 9.17) is 10.00 Å². The highest BCUT2D eigenvalue weighted by Gasteiger charge is 2.10. The third kappa shape index (κ3) is 3.46. The standard InChI is InChI=1S/C11H10F3NO/c12-9-6-8(7-10(13)11(9)14)16-5-3-1-2-4-15/h6-7H,1-3,5H2. The maximum absolute atomic E-state index is 12.7. The summed E-state index contributed by atoms with van der Waals surface area (Å²) >= 11 is 0. The molecule has 0 bridgehead atoms. The lowest BCUT2D eigenvalue weighted by atomic mass is 10.2. The molecule has 2 nitrogen and oxygen atoms in total. The molecule has 0 spiro atoms. The van der Waals surface area contributed by atoms with E-state index in [0.717, 1.165) is 12.1 Å².